The number of ether oxygens (including phenoxy) is 2. The van der Waals surface area contributed by atoms with Crippen molar-refractivity contribution in [3.63, 3.8) is 0 Å². The Kier molecular flexibility index (Phi) is 6.86. The van der Waals surface area contributed by atoms with Crippen molar-refractivity contribution in [1.82, 2.24) is 0 Å². The Hall–Kier alpha value is -1.59. The molecular weight excluding hydrogens is 374 g/mol. The zero-order chi connectivity index (χ0) is 16.7. The first kappa shape index (κ1) is 17.8. The highest BCUT2D eigenvalue weighted by Crippen LogP contribution is 2.26. The minimum atomic E-state index is 0.368. The monoisotopic (exact) mass is 393 g/mol. The van der Waals surface area contributed by atoms with Crippen LogP contribution in [0.4, 0.5) is 0 Å². The molecule has 0 aliphatic rings. The summed E-state index contributed by atoms with van der Waals surface area (Å²) in [5.41, 5.74) is 7.74. The quantitative estimate of drug-likeness (QED) is 0.529. The molecule has 0 saturated carbocycles. The van der Waals surface area contributed by atoms with Crippen LogP contribution in [0, 0.1) is 0 Å². The van der Waals surface area contributed by atoms with Gasteiger partial charge in [-0.1, -0.05) is 37.7 Å². The van der Waals surface area contributed by atoms with Crippen LogP contribution in [-0.2, 0) is 6.42 Å². The second kappa shape index (κ2) is 8.89. The maximum atomic E-state index is 5.70. The van der Waals surface area contributed by atoms with E-state index < -0.39 is 0 Å². The van der Waals surface area contributed by atoms with E-state index >= 15 is 0 Å². The Morgan fingerprint density at radius 2 is 1.78 bits per heavy atom. The molecule has 0 saturated heterocycles. The van der Waals surface area contributed by atoms with Crippen molar-refractivity contribution in [1.29, 1.82) is 0 Å². The fourth-order valence-electron chi connectivity index (χ4n) is 2.12. The van der Waals surface area contributed by atoms with E-state index in [1.165, 1.54) is 5.56 Å². The maximum absolute atomic E-state index is 5.70. The average molecular weight is 394 g/mol. The molecule has 0 radical (unpaired) electrons. The SMILES string of the molecule is CCCc1ccc(OCCOc2ccc(C(N)=S)cc2Br)cc1. The van der Waals surface area contributed by atoms with Gasteiger partial charge in [0.2, 0.25) is 0 Å². The first-order chi connectivity index (χ1) is 11.1. The molecule has 0 aliphatic heterocycles. The second-order valence-corrected chi connectivity index (χ2v) is 6.39. The first-order valence-electron chi connectivity index (χ1n) is 7.54. The van der Waals surface area contributed by atoms with Gasteiger partial charge in [0.1, 0.15) is 29.7 Å². The third kappa shape index (κ3) is 5.52. The Balaban J connectivity index is 1.80. The molecule has 0 heterocycles. The highest BCUT2D eigenvalue weighted by molar-refractivity contribution is 9.10. The van der Waals surface area contributed by atoms with Gasteiger partial charge in [-0.15, -0.1) is 0 Å². The van der Waals surface area contributed by atoms with E-state index in [4.69, 9.17) is 27.4 Å². The Bertz CT molecular complexity index is 659. The summed E-state index contributed by atoms with van der Waals surface area (Å²) in [5, 5.41) is 0. The highest BCUT2D eigenvalue weighted by atomic mass is 79.9. The largest absolute Gasteiger partial charge is 0.490 e. The van der Waals surface area contributed by atoms with Crippen LogP contribution in [0.5, 0.6) is 11.5 Å². The summed E-state index contributed by atoms with van der Waals surface area (Å²) in [7, 11) is 0. The van der Waals surface area contributed by atoms with Crippen LogP contribution < -0.4 is 15.2 Å². The van der Waals surface area contributed by atoms with Gasteiger partial charge >= 0.3 is 0 Å². The molecule has 2 aromatic carbocycles. The average Bonchev–Trinajstić information content (AvgIpc) is 2.54. The molecule has 0 atom stereocenters. The molecule has 0 bridgehead atoms. The molecule has 2 aromatic rings. The summed E-state index contributed by atoms with van der Waals surface area (Å²) in [6.45, 7) is 3.12. The molecule has 0 fully saturated rings. The van der Waals surface area contributed by atoms with Crippen molar-refractivity contribution in [2.75, 3.05) is 13.2 Å². The van der Waals surface area contributed by atoms with Crippen molar-refractivity contribution in [3.05, 3.63) is 58.1 Å². The zero-order valence-electron chi connectivity index (χ0n) is 13.0. The van der Waals surface area contributed by atoms with Gasteiger partial charge in [0.25, 0.3) is 0 Å². The fourth-order valence-corrected chi connectivity index (χ4v) is 2.74. The number of thiocarbonyl (C=S) groups is 1. The van der Waals surface area contributed by atoms with Crippen LogP contribution in [0.1, 0.15) is 24.5 Å². The van der Waals surface area contributed by atoms with E-state index in [1.807, 2.05) is 30.3 Å². The minimum absolute atomic E-state index is 0.368. The number of rotatable bonds is 8. The van der Waals surface area contributed by atoms with Crippen LogP contribution in [0.25, 0.3) is 0 Å². The lowest BCUT2D eigenvalue weighted by molar-refractivity contribution is 0.216. The lowest BCUT2D eigenvalue weighted by Crippen LogP contribution is -2.11. The van der Waals surface area contributed by atoms with Crippen molar-refractivity contribution in [3.8, 4) is 11.5 Å². The Morgan fingerprint density at radius 1 is 1.09 bits per heavy atom. The van der Waals surface area contributed by atoms with E-state index in [9.17, 15) is 0 Å². The van der Waals surface area contributed by atoms with Gasteiger partial charge in [0.15, 0.2) is 0 Å². The minimum Gasteiger partial charge on any atom is -0.490 e. The Labute approximate surface area is 150 Å². The maximum Gasteiger partial charge on any atom is 0.133 e. The van der Waals surface area contributed by atoms with Crippen molar-refractivity contribution in [2.24, 2.45) is 5.73 Å². The molecule has 0 aliphatic carbocycles. The first-order valence-corrected chi connectivity index (χ1v) is 8.74. The van der Waals surface area contributed by atoms with Crippen molar-refractivity contribution < 1.29 is 9.47 Å². The predicted molar refractivity (Wildman–Crippen MR) is 101 cm³/mol. The van der Waals surface area contributed by atoms with Gasteiger partial charge in [-0.05, 0) is 58.2 Å². The van der Waals surface area contributed by atoms with E-state index in [0.29, 0.717) is 18.2 Å². The van der Waals surface area contributed by atoms with Gasteiger partial charge < -0.3 is 15.2 Å². The summed E-state index contributed by atoms with van der Waals surface area (Å²) in [6, 6.07) is 13.7. The molecule has 0 amide bonds. The number of aryl methyl sites for hydroxylation is 1. The van der Waals surface area contributed by atoms with E-state index in [1.54, 1.807) is 0 Å². The van der Waals surface area contributed by atoms with Crippen LogP contribution in [0.3, 0.4) is 0 Å². The Morgan fingerprint density at radius 3 is 2.39 bits per heavy atom. The van der Waals surface area contributed by atoms with Gasteiger partial charge in [0.05, 0.1) is 4.47 Å². The summed E-state index contributed by atoms with van der Waals surface area (Å²) < 4.78 is 12.2. The van der Waals surface area contributed by atoms with Gasteiger partial charge in [-0.3, -0.25) is 0 Å². The lowest BCUT2D eigenvalue weighted by Gasteiger charge is -2.11. The summed E-state index contributed by atoms with van der Waals surface area (Å²) in [5.74, 6) is 1.60. The van der Waals surface area contributed by atoms with Crippen LogP contribution in [0.2, 0.25) is 0 Å². The fraction of sp³-hybridized carbons (Fsp3) is 0.278. The van der Waals surface area contributed by atoms with Crippen LogP contribution in [0.15, 0.2) is 46.9 Å². The molecule has 23 heavy (non-hydrogen) atoms. The van der Waals surface area contributed by atoms with Crippen molar-refractivity contribution in [2.45, 2.75) is 19.8 Å². The second-order valence-electron chi connectivity index (χ2n) is 5.10. The number of hydrogen-bond donors (Lipinski definition) is 1. The van der Waals surface area contributed by atoms with Gasteiger partial charge in [-0.25, -0.2) is 0 Å². The highest BCUT2D eigenvalue weighted by Gasteiger charge is 2.04. The van der Waals surface area contributed by atoms with E-state index in [-0.39, 0.29) is 0 Å². The van der Waals surface area contributed by atoms with Crippen molar-refractivity contribution >= 4 is 33.1 Å². The zero-order valence-corrected chi connectivity index (χ0v) is 15.5. The third-order valence-electron chi connectivity index (χ3n) is 3.29. The molecular formula is C18H20BrNO2S. The molecule has 0 spiro atoms. The molecule has 5 heteroatoms. The van der Waals surface area contributed by atoms with E-state index in [2.05, 4.69) is 35.0 Å². The number of halogens is 1. The molecule has 0 aromatic heterocycles. The number of benzene rings is 2. The summed E-state index contributed by atoms with van der Waals surface area (Å²) >= 11 is 8.40. The number of nitrogens with two attached hydrogens (primary N) is 1. The number of hydrogen-bond acceptors (Lipinski definition) is 3. The topological polar surface area (TPSA) is 44.5 Å². The van der Waals surface area contributed by atoms with E-state index in [0.717, 1.165) is 34.4 Å². The van der Waals surface area contributed by atoms with Crippen LogP contribution in [-0.4, -0.2) is 18.2 Å². The smallest absolute Gasteiger partial charge is 0.133 e. The van der Waals surface area contributed by atoms with Gasteiger partial charge in [0, 0.05) is 5.56 Å². The molecule has 122 valence electrons. The molecule has 0 unspecified atom stereocenters. The lowest BCUT2D eigenvalue weighted by atomic mass is 10.1. The predicted octanol–water partition coefficient (Wildman–Crippen LogP) is 4.49. The standard InChI is InChI=1S/C18H20BrNO2S/c1-2-3-13-4-7-15(8-5-13)21-10-11-22-17-9-6-14(18(20)23)12-16(17)19/h4-9,12H,2-3,10-11H2,1H3,(H2,20,23). The van der Waals surface area contributed by atoms with Crippen LogP contribution >= 0.6 is 28.1 Å². The normalized spacial score (nSPS) is 10.3. The molecule has 2 rings (SSSR count). The summed E-state index contributed by atoms with van der Waals surface area (Å²) in [6.07, 6.45) is 2.25. The third-order valence-corrected chi connectivity index (χ3v) is 4.14. The molecule has 3 nitrogen and oxygen atoms in total. The summed E-state index contributed by atoms with van der Waals surface area (Å²) in [4.78, 5) is 0.368. The molecule has 2 N–H and O–H groups in total. The van der Waals surface area contributed by atoms with Gasteiger partial charge in [-0.2, -0.15) is 0 Å².